The van der Waals surface area contributed by atoms with Gasteiger partial charge < -0.3 is 19.3 Å². The predicted octanol–water partition coefficient (Wildman–Crippen LogP) is 3.33. The smallest absolute Gasteiger partial charge is 0.214 e. The van der Waals surface area contributed by atoms with Gasteiger partial charge in [0.25, 0.3) is 0 Å². The summed E-state index contributed by atoms with van der Waals surface area (Å²) in [4.78, 5) is 4.39. The van der Waals surface area contributed by atoms with E-state index in [1.54, 1.807) is 62.4 Å². The van der Waals surface area contributed by atoms with Crippen LogP contribution in [-0.2, 0) is 0 Å². The van der Waals surface area contributed by atoms with Crippen molar-refractivity contribution in [2.24, 2.45) is 0 Å². The van der Waals surface area contributed by atoms with E-state index in [4.69, 9.17) is 26.4 Å². The molecule has 0 aliphatic heterocycles. The number of methoxy groups -OCH3 is 3. The molecule has 2 aromatic carbocycles. The van der Waals surface area contributed by atoms with Crippen LogP contribution in [-0.4, -0.2) is 41.2 Å². The molecule has 0 amide bonds. The number of nitrogens with zero attached hydrogens (tertiary/aromatic N) is 2. The Hall–Kier alpha value is -3.00. The summed E-state index contributed by atoms with van der Waals surface area (Å²) in [5, 5.41) is 12.5. The van der Waals surface area contributed by atoms with Gasteiger partial charge in [-0.3, -0.25) is 5.10 Å². The predicted molar refractivity (Wildman–Crippen MR) is 95.5 cm³/mol. The number of aromatic nitrogens is 3. The topological polar surface area (TPSA) is 81.5 Å². The van der Waals surface area contributed by atoms with Gasteiger partial charge in [-0.1, -0.05) is 0 Å². The maximum absolute atomic E-state index is 9.49. The fourth-order valence-electron chi connectivity index (χ4n) is 2.51. The number of H-pyrrole nitrogens is 1. The summed E-state index contributed by atoms with van der Waals surface area (Å²) in [6.07, 6.45) is 0. The Bertz CT molecular complexity index is 922. The largest absolute Gasteiger partial charge is 0.508 e. The van der Waals surface area contributed by atoms with E-state index in [0.29, 0.717) is 27.8 Å². The third-order valence-electron chi connectivity index (χ3n) is 3.66. The van der Waals surface area contributed by atoms with E-state index in [9.17, 15) is 5.11 Å². The number of aromatic hydroxyl groups is 1. The van der Waals surface area contributed by atoms with Crippen molar-refractivity contribution in [1.82, 2.24) is 14.8 Å². The van der Waals surface area contributed by atoms with Gasteiger partial charge in [0.15, 0.2) is 17.3 Å². The third-order valence-corrected chi connectivity index (χ3v) is 3.84. The van der Waals surface area contributed by atoms with Crippen LogP contribution in [0.15, 0.2) is 36.4 Å². The van der Waals surface area contributed by atoms with Crippen molar-refractivity contribution in [2.45, 2.75) is 0 Å². The van der Waals surface area contributed by atoms with E-state index in [0.717, 1.165) is 11.3 Å². The van der Waals surface area contributed by atoms with E-state index in [1.807, 2.05) is 0 Å². The Morgan fingerprint density at radius 1 is 1.00 bits per heavy atom. The minimum Gasteiger partial charge on any atom is -0.508 e. The van der Waals surface area contributed by atoms with Gasteiger partial charge in [0.1, 0.15) is 5.75 Å². The van der Waals surface area contributed by atoms with Crippen molar-refractivity contribution in [2.75, 3.05) is 21.3 Å². The van der Waals surface area contributed by atoms with Crippen molar-refractivity contribution in [3.05, 3.63) is 41.2 Å². The van der Waals surface area contributed by atoms with Crippen LogP contribution in [0.2, 0.25) is 0 Å². The van der Waals surface area contributed by atoms with Crippen LogP contribution in [0.25, 0.3) is 17.1 Å². The van der Waals surface area contributed by atoms with Crippen molar-refractivity contribution < 1.29 is 19.3 Å². The van der Waals surface area contributed by atoms with Crippen LogP contribution in [0.4, 0.5) is 0 Å². The Kier molecular flexibility index (Phi) is 4.62. The normalized spacial score (nSPS) is 10.5. The molecule has 0 unspecified atom stereocenters. The molecule has 0 fully saturated rings. The van der Waals surface area contributed by atoms with Gasteiger partial charge in [-0.25, -0.2) is 4.68 Å². The Balaban J connectivity index is 2.20. The molecule has 0 bridgehead atoms. The molecule has 0 atom stereocenters. The zero-order valence-corrected chi connectivity index (χ0v) is 14.8. The van der Waals surface area contributed by atoms with Gasteiger partial charge in [-0.05, 0) is 48.6 Å². The van der Waals surface area contributed by atoms with Crippen molar-refractivity contribution in [3.8, 4) is 40.1 Å². The summed E-state index contributed by atoms with van der Waals surface area (Å²) in [6, 6.07) is 10.3. The lowest BCUT2D eigenvalue weighted by Gasteiger charge is -2.14. The highest BCUT2D eigenvalue weighted by Gasteiger charge is 2.18. The number of hydrogen-bond donors (Lipinski definition) is 2. The Labute approximate surface area is 149 Å². The molecule has 25 heavy (non-hydrogen) atoms. The molecule has 130 valence electrons. The lowest BCUT2D eigenvalue weighted by Crippen LogP contribution is -2.01. The Morgan fingerprint density at radius 3 is 2.12 bits per heavy atom. The van der Waals surface area contributed by atoms with E-state index in [2.05, 4.69) is 10.1 Å². The second-order valence-corrected chi connectivity index (χ2v) is 5.50. The summed E-state index contributed by atoms with van der Waals surface area (Å²) in [5.74, 6) is 2.29. The molecule has 2 N–H and O–H groups in total. The first kappa shape index (κ1) is 16.8. The molecule has 8 heteroatoms. The van der Waals surface area contributed by atoms with Gasteiger partial charge in [-0.2, -0.15) is 4.98 Å². The molecule has 0 saturated carbocycles. The van der Waals surface area contributed by atoms with E-state index in [-0.39, 0.29) is 5.75 Å². The molecule has 0 spiro atoms. The van der Waals surface area contributed by atoms with Crippen LogP contribution in [0, 0.1) is 4.77 Å². The average molecular weight is 359 g/mol. The second-order valence-electron chi connectivity index (χ2n) is 5.12. The maximum Gasteiger partial charge on any atom is 0.214 e. The molecule has 0 aliphatic carbocycles. The summed E-state index contributed by atoms with van der Waals surface area (Å²) in [7, 11) is 4.66. The standard InChI is InChI=1S/C17H17N3O4S/c1-22-13-8-10(9-14(23-2)15(13)24-3)16-18-17(25)19-20(16)11-4-6-12(21)7-5-11/h4-9,21H,1-3H3,(H,19,25). The van der Waals surface area contributed by atoms with Crippen molar-refractivity contribution in [3.63, 3.8) is 0 Å². The number of hydrogen-bond acceptors (Lipinski definition) is 6. The van der Waals surface area contributed by atoms with Gasteiger partial charge in [-0.15, -0.1) is 0 Å². The highest BCUT2D eigenvalue weighted by atomic mass is 32.1. The average Bonchev–Trinajstić information content (AvgIpc) is 3.02. The van der Waals surface area contributed by atoms with Crippen LogP contribution >= 0.6 is 12.2 Å². The second kappa shape index (κ2) is 6.86. The van der Waals surface area contributed by atoms with Gasteiger partial charge in [0.2, 0.25) is 10.5 Å². The summed E-state index contributed by atoms with van der Waals surface area (Å²) >= 11 is 5.19. The number of ether oxygens (including phenoxy) is 3. The fourth-order valence-corrected chi connectivity index (χ4v) is 2.69. The van der Waals surface area contributed by atoms with Crippen LogP contribution < -0.4 is 14.2 Å². The summed E-state index contributed by atoms with van der Waals surface area (Å²) in [5.41, 5.74) is 1.50. The lowest BCUT2D eigenvalue weighted by atomic mass is 10.1. The summed E-state index contributed by atoms with van der Waals surface area (Å²) in [6.45, 7) is 0. The zero-order valence-electron chi connectivity index (χ0n) is 13.9. The highest BCUT2D eigenvalue weighted by molar-refractivity contribution is 7.71. The molecule has 0 aliphatic rings. The molecule has 1 heterocycles. The molecule has 1 aromatic heterocycles. The zero-order chi connectivity index (χ0) is 18.0. The first-order valence-electron chi connectivity index (χ1n) is 7.36. The molecule has 3 rings (SSSR count). The maximum atomic E-state index is 9.49. The van der Waals surface area contributed by atoms with Crippen LogP contribution in [0.1, 0.15) is 0 Å². The lowest BCUT2D eigenvalue weighted by molar-refractivity contribution is 0.324. The number of nitrogens with one attached hydrogen (secondary N) is 1. The minimum absolute atomic E-state index is 0.178. The SMILES string of the molecule is COc1cc(-c2nc(=S)[nH]n2-c2ccc(O)cc2)cc(OC)c1OC. The monoisotopic (exact) mass is 359 g/mol. The molecular weight excluding hydrogens is 342 g/mol. The number of benzene rings is 2. The van der Waals surface area contributed by atoms with E-state index in [1.165, 1.54) is 0 Å². The van der Waals surface area contributed by atoms with E-state index >= 15 is 0 Å². The molecule has 0 saturated heterocycles. The van der Waals surface area contributed by atoms with Gasteiger partial charge in [0.05, 0.1) is 27.0 Å². The van der Waals surface area contributed by atoms with Gasteiger partial charge >= 0.3 is 0 Å². The first-order chi connectivity index (χ1) is 12.1. The first-order valence-corrected chi connectivity index (χ1v) is 7.77. The minimum atomic E-state index is 0.178. The van der Waals surface area contributed by atoms with Gasteiger partial charge in [0, 0.05) is 5.56 Å². The Morgan fingerprint density at radius 2 is 1.60 bits per heavy atom. The highest BCUT2D eigenvalue weighted by Crippen LogP contribution is 2.41. The summed E-state index contributed by atoms with van der Waals surface area (Å²) < 4.78 is 18.2. The molecule has 7 nitrogen and oxygen atoms in total. The van der Waals surface area contributed by atoms with E-state index < -0.39 is 0 Å². The number of aromatic amines is 1. The van der Waals surface area contributed by atoms with Crippen molar-refractivity contribution >= 4 is 12.2 Å². The third kappa shape index (κ3) is 3.16. The van der Waals surface area contributed by atoms with Crippen LogP contribution in [0.5, 0.6) is 23.0 Å². The number of rotatable bonds is 5. The number of phenols is 1. The van der Waals surface area contributed by atoms with Crippen molar-refractivity contribution in [1.29, 1.82) is 0 Å². The quantitative estimate of drug-likeness (QED) is 0.680. The molecular formula is C17H17N3O4S. The number of phenolic OH excluding ortho intramolecular Hbond substituents is 1. The fraction of sp³-hybridized carbons (Fsp3) is 0.176. The van der Waals surface area contributed by atoms with Crippen LogP contribution in [0.3, 0.4) is 0 Å². The molecule has 0 radical (unpaired) electrons. The molecule has 3 aromatic rings.